The highest BCUT2D eigenvalue weighted by atomic mass is 35.5. The van der Waals surface area contributed by atoms with Gasteiger partial charge in [0.2, 0.25) is 0 Å². The monoisotopic (exact) mass is 241 g/mol. The summed E-state index contributed by atoms with van der Waals surface area (Å²) in [4.78, 5) is 0. The molecule has 1 aromatic rings. The maximum absolute atomic E-state index is 13.1. The van der Waals surface area contributed by atoms with Gasteiger partial charge in [-0.3, -0.25) is 0 Å². The van der Waals surface area contributed by atoms with Gasteiger partial charge in [0.1, 0.15) is 17.5 Å². The smallest absolute Gasteiger partial charge is 0.133 e. The van der Waals surface area contributed by atoms with Crippen LogP contribution in [-0.4, -0.2) is 11.2 Å². The Kier molecular flexibility index (Phi) is 5.07. The second-order valence-corrected chi connectivity index (χ2v) is 3.05. The van der Waals surface area contributed by atoms with Crippen LogP contribution < -0.4 is 5.73 Å². The molecule has 3 N–H and O–H groups in total. The molecule has 0 aliphatic heterocycles. The number of halogens is 4. The van der Waals surface area contributed by atoms with Gasteiger partial charge in [-0.25, -0.2) is 13.2 Å². The zero-order valence-electron chi connectivity index (χ0n) is 7.88. The Morgan fingerprint density at radius 3 is 1.93 bits per heavy atom. The molecule has 86 valence electrons. The summed E-state index contributed by atoms with van der Waals surface area (Å²) >= 11 is 0. The van der Waals surface area contributed by atoms with Crippen LogP contribution in [0.25, 0.3) is 0 Å². The van der Waals surface area contributed by atoms with Crippen molar-refractivity contribution in [3.8, 4) is 0 Å². The molecule has 0 amide bonds. The number of aliphatic hydroxyl groups excluding tert-OH is 1. The van der Waals surface area contributed by atoms with Gasteiger partial charge in [0, 0.05) is 17.7 Å². The third kappa shape index (κ3) is 3.09. The first-order chi connectivity index (χ1) is 6.43. The van der Waals surface area contributed by atoms with Crippen molar-refractivity contribution in [2.45, 2.75) is 19.1 Å². The molecule has 1 aromatic carbocycles. The van der Waals surface area contributed by atoms with E-state index in [9.17, 15) is 13.2 Å². The van der Waals surface area contributed by atoms with Crippen LogP contribution in [0.2, 0.25) is 0 Å². The number of nitrogens with two attached hydrogens (primary N) is 1. The van der Waals surface area contributed by atoms with E-state index in [-0.39, 0.29) is 12.4 Å². The van der Waals surface area contributed by atoms with Crippen LogP contribution in [0, 0.1) is 17.5 Å². The maximum Gasteiger partial charge on any atom is 0.133 e. The van der Waals surface area contributed by atoms with Crippen molar-refractivity contribution in [1.29, 1.82) is 0 Å². The zero-order valence-corrected chi connectivity index (χ0v) is 8.69. The SMILES string of the molecule is C[C@H](O)[C@H](N)c1c(F)cc(F)cc1F.Cl. The maximum atomic E-state index is 13.1. The molecule has 0 saturated heterocycles. The van der Waals surface area contributed by atoms with E-state index >= 15 is 0 Å². The third-order valence-corrected chi connectivity index (χ3v) is 1.90. The fraction of sp³-hybridized carbons (Fsp3) is 0.333. The first-order valence-corrected chi connectivity index (χ1v) is 4.01. The number of rotatable bonds is 2. The average Bonchev–Trinajstić information content (AvgIpc) is 2.01. The summed E-state index contributed by atoms with van der Waals surface area (Å²) in [6.45, 7) is 1.30. The Labute approximate surface area is 91.3 Å². The van der Waals surface area contributed by atoms with E-state index < -0.39 is 35.2 Å². The molecule has 0 aromatic heterocycles. The van der Waals surface area contributed by atoms with Crippen molar-refractivity contribution in [3.63, 3.8) is 0 Å². The van der Waals surface area contributed by atoms with Crippen LogP contribution in [0.15, 0.2) is 12.1 Å². The minimum absolute atomic E-state index is 0. The molecule has 0 saturated carbocycles. The molecule has 15 heavy (non-hydrogen) atoms. The van der Waals surface area contributed by atoms with E-state index in [0.717, 1.165) is 0 Å². The molecule has 2 nitrogen and oxygen atoms in total. The van der Waals surface area contributed by atoms with Gasteiger partial charge in [-0.05, 0) is 6.92 Å². The number of benzene rings is 1. The zero-order chi connectivity index (χ0) is 10.9. The Morgan fingerprint density at radius 2 is 1.60 bits per heavy atom. The van der Waals surface area contributed by atoms with Crippen LogP contribution in [0.3, 0.4) is 0 Å². The second kappa shape index (κ2) is 5.34. The molecule has 0 bridgehead atoms. The quantitative estimate of drug-likeness (QED) is 0.831. The molecule has 1 rings (SSSR count). The molecular formula is C9H11ClF3NO. The van der Waals surface area contributed by atoms with Gasteiger partial charge in [0.15, 0.2) is 0 Å². The normalized spacial score (nSPS) is 14.3. The minimum Gasteiger partial charge on any atom is -0.391 e. The van der Waals surface area contributed by atoms with E-state index in [1.54, 1.807) is 0 Å². The van der Waals surface area contributed by atoms with Crippen molar-refractivity contribution in [1.82, 2.24) is 0 Å². The van der Waals surface area contributed by atoms with Crippen LogP contribution in [-0.2, 0) is 0 Å². The molecule has 6 heteroatoms. The molecule has 0 aliphatic rings. The predicted molar refractivity (Wildman–Crippen MR) is 52.2 cm³/mol. The minimum atomic E-state index is -1.20. The summed E-state index contributed by atoms with van der Waals surface area (Å²) in [5.74, 6) is -3.19. The van der Waals surface area contributed by atoms with Gasteiger partial charge in [0.25, 0.3) is 0 Å². The van der Waals surface area contributed by atoms with Crippen molar-refractivity contribution in [2.75, 3.05) is 0 Å². The summed E-state index contributed by atoms with van der Waals surface area (Å²) in [6.07, 6.45) is -1.11. The molecule has 0 unspecified atom stereocenters. The second-order valence-electron chi connectivity index (χ2n) is 3.05. The third-order valence-electron chi connectivity index (χ3n) is 1.90. The van der Waals surface area contributed by atoms with E-state index in [2.05, 4.69) is 0 Å². The van der Waals surface area contributed by atoms with Crippen LogP contribution in [0.5, 0.6) is 0 Å². The van der Waals surface area contributed by atoms with E-state index in [0.29, 0.717) is 12.1 Å². The average molecular weight is 242 g/mol. The predicted octanol–water partition coefficient (Wildman–Crippen LogP) is 1.91. The largest absolute Gasteiger partial charge is 0.391 e. The molecule has 0 spiro atoms. The summed E-state index contributed by atoms with van der Waals surface area (Å²) in [6, 6.07) is -0.142. The Bertz CT molecular complexity index is 323. The molecule has 0 radical (unpaired) electrons. The number of hydrogen-bond donors (Lipinski definition) is 2. The van der Waals surface area contributed by atoms with Gasteiger partial charge in [-0.15, -0.1) is 12.4 Å². The van der Waals surface area contributed by atoms with E-state index in [4.69, 9.17) is 10.8 Å². The lowest BCUT2D eigenvalue weighted by atomic mass is 10.0. The first-order valence-electron chi connectivity index (χ1n) is 4.01. The van der Waals surface area contributed by atoms with Crippen LogP contribution in [0.1, 0.15) is 18.5 Å². The number of hydrogen-bond acceptors (Lipinski definition) is 2. The lowest BCUT2D eigenvalue weighted by Gasteiger charge is -2.16. The molecule has 0 fully saturated rings. The van der Waals surface area contributed by atoms with Gasteiger partial charge < -0.3 is 10.8 Å². The topological polar surface area (TPSA) is 46.2 Å². The van der Waals surface area contributed by atoms with Crippen molar-refractivity contribution >= 4 is 12.4 Å². The summed E-state index contributed by atoms with van der Waals surface area (Å²) < 4.78 is 38.6. The fourth-order valence-corrected chi connectivity index (χ4v) is 1.11. The Balaban J connectivity index is 0.00000196. The van der Waals surface area contributed by atoms with Crippen LogP contribution >= 0.6 is 12.4 Å². The number of aliphatic hydroxyl groups is 1. The highest BCUT2D eigenvalue weighted by Crippen LogP contribution is 2.22. The molecule has 0 aliphatic carbocycles. The van der Waals surface area contributed by atoms with Crippen LogP contribution in [0.4, 0.5) is 13.2 Å². The Hall–Kier alpha value is -0.780. The molecule has 0 heterocycles. The molecule has 2 atom stereocenters. The standard InChI is InChI=1S/C9H10F3NO.ClH/c1-4(14)9(13)8-6(11)2-5(10)3-7(8)12;/h2-4,9,14H,13H2,1H3;1H/t4-,9-;/m0./s1. The fourth-order valence-electron chi connectivity index (χ4n) is 1.11. The van der Waals surface area contributed by atoms with Crippen molar-refractivity contribution < 1.29 is 18.3 Å². The summed E-state index contributed by atoms with van der Waals surface area (Å²) in [5, 5.41) is 9.04. The van der Waals surface area contributed by atoms with Crippen molar-refractivity contribution in [3.05, 3.63) is 35.1 Å². The van der Waals surface area contributed by atoms with E-state index in [1.165, 1.54) is 6.92 Å². The van der Waals surface area contributed by atoms with Gasteiger partial charge in [0.05, 0.1) is 12.1 Å². The first kappa shape index (κ1) is 14.2. The Morgan fingerprint density at radius 1 is 1.20 bits per heavy atom. The summed E-state index contributed by atoms with van der Waals surface area (Å²) in [7, 11) is 0. The highest BCUT2D eigenvalue weighted by Gasteiger charge is 2.21. The van der Waals surface area contributed by atoms with Gasteiger partial charge >= 0.3 is 0 Å². The van der Waals surface area contributed by atoms with E-state index in [1.807, 2.05) is 0 Å². The summed E-state index contributed by atoms with van der Waals surface area (Å²) in [5.41, 5.74) is 4.84. The molecular weight excluding hydrogens is 231 g/mol. The van der Waals surface area contributed by atoms with Gasteiger partial charge in [-0.2, -0.15) is 0 Å². The van der Waals surface area contributed by atoms with Gasteiger partial charge in [-0.1, -0.05) is 0 Å². The lowest BCUT2D eigenvalue weighted by Crippen LogP contribution is -2.25. The highest BCUT2D eigenvalue weighted by molar-refractivity contribution is 5.85. The van der Waals surface area contributed by atoms with Crippen molar-refractivity contribution in [2.24, 2.45) is 5.73 Å². The lowest BCUT2D eigenvalue weighted by molar-refractivity contribution is 0.160.